The third-order valence-corrected chi connectivity index (χ3v) is 8.02. The molecule has 4 heterocycles. The average molecular weight is 578 g/mol. The van der Waals surface area contributed by atoms with Crippen LogP contribution in [0.2, 0.25) is 0 Å². The van der Waals surface area contributed by atoms with Gasteiger partial charge < -0.3 is 20.9 Å². The minimum atomic E-state index is -2.53. The highest BCUT2D eigenvalue weighted by Crippen LogP contribution is 2.28. The molecule has 0 saturated carbocycles. The van der Waals surface area contributed by atoms with Crippen molar-refractivity contribution in [1.82, 2.24) is 14.9 Å². The summed E-state index contributed by atoms with van der Waals surface area (Å²) in [7, 11) is 0. The second-order valence-corrected chi connectivity index (χ2v) is 11.0. The molecule has 42 heavy (non-hydrogen) atoms. The van der Waals surface area contributed by atoms with Crippen LogP contribution in [0.15, 0.2) is 54.9 Å². The zero-order valence-corrected chi connectivity index (χ0v) is 23.3. The number of nitrogens with two attached hydrogens (primary N) is 1. The first-order valence-corrected chi connectivity index (χ1v) is 14.2. The summed E-state index contributed by atoms with van der Waals surface area (Å²) in [5, 5.41) is 12.2. The molecule has 2 fully saturated rings. The molecule has 3 aromatic rings. The number of benzene rings is 1. The molecule has 5 rings (SSSR count). The smallest absolute Gasteiger partial charge is 0.252 e. The molecule has 0 radical (unpaired) electrons. The first-order chi connectivity index (χ1) is 20.2. The zero-order chi connectivity index (χ0) is 29.7. The van der Waals surface area contributed by atoms with Crippen molar-refractivity contribution < 1.29 is 18.0 Å². The van der Waals surface area contributed by atoms with Crippen LogP contribution in [0.4, 0.5) is 24.7 Å². The van der Waals surface area contributed by atoms with Crippen LogP contribution >= 0.6 is 0 Å². The number of aromatic nitrogens is 2. The molecule has 2 atom stereocenters. The van der Waals surface area contributed by atoms with Crippen molar-refractivity contribution in [3.05, 3.63) is 82.8 Å². The monoisotopic (exact) mass is 577 g/mol. The molecule has 0 aliphatic carbocycles. The number of nitrogens with one attached hydrogen (secondary N) is 1. The van der Waals surface area contributed by atoms with Gasteiger partial charge in [0.25, 0.3) is 11.8 Å². The summed E-state index contributed by atoms with van der Waals surface area (Å²) in [6.07, 6.45) is 3.28. The van der Waals surface area contributed by atoms with E-state index in [1.54, 1.807) is 18.2 Å². The van der Waals surface area contributed by atoms with E-state index in [1.165, 1.54) is 12.4 Å². The molecule has 0 unspecified atom stereocenters. The molecule has 2 saturated heterocycles. The molecule has 220 valence electrons. The summed E-state index contributed by atoms with van der Waals surface area (Å²) in [5.41, 5.74) is 9.56. The number of likely N-dealkylation sites (tertiary alicyclic amines) is 1. The number of nitriles is 1. The van der Waals surface area contributed by atoms with Crippen LogP contribution in [0.25, 0.3) is 0 Å². The van der Waals surface area contributed by atoms with Crippen LogP contribution in [-0.4, -0.2) is 71.6 Å². The van der Waals surface area contributed by atoms with Crippen molar-refractivity contribution in [2.24, 2.45) is 5.73 Å². The molecule has 11 heteroatoms. The summed E-state index contributed by atoms with van der Waals surface area (Å²) in [4.78, 5) is 24.7. The largest absolute Gasteiger partial charge is 0.378 e. The fraction of sp³-hybridized carbons (Fsp3) is 0.419. The number of amides is 1. The lowest BCUT2D eigenvalue weighted by Crippen LogP contribution is -2.48. The second-order valence-electron chi connectivity index (χ2n) is 11.0. The van der Waals surface area contributed by atoms with Crippen molar-refractivity contribution in [2.45, 2.75) is 50.2 Å². The van der Waals surface area contributed by atoms with Crippen molar-refractivity contribution in [2.75, 3.05) is 42.9 Å². The van der Waals surface area contributed by atoms with Crippen LogP contribution in [0.5, 0.6) is 0 Å². The third kappa shape index (κ3) is 7.36. The minimum absolute atomic E-state index is 0.0778. The first kappa shape index (κ1) is 29.3. The number of pyridine rings is 2. The summed E-state index contributed by atoms with van der Waals surface area (Å²) in [6, 6.07) is 14.7. The molecule has 2 aliphatic rings. The van der Waals surface area contributed by atoms with E-state index in [1.807, 2.05) is 35.2 Å². The molecule has 2 aromatic heterocycles. The van der Waals surface area contributed by atoms with E-state index in [4.69, 9.17) is 11.0 Å². The Labute approximate surface area is 243 Å². The van der Waals surface area contributed by atoms with E-state index in [0.29, 0.717) is 55.2 Å². The fourth-order valence-electron chi connectivity index (χ4n) is 5.45. The van der Waals surface area contributed by atoms with E-state index in [-0.39, 0.29) is 24.9 Å². The van der Waals surface area contributed by atoms with Gasteiger partial charge in [-0.05, 0) is 42.2 Å². The lowest BCUT2D eigenvalue weighted by atomic mass is 10.0. The lowest BCUT2D eigenvalue weighted by Gasteiger charge is -2.36. The summed E-state index contributed by atoms with van der Waals surface area (Å²) in [5.74, 6) is -2.57. The Hall–Kier alpha value is -4.17. The molecular weight excluding hydrogens is 543 g/mol. The highest BCUT2D eigenvalue weighted by atomic mass is 19.3. The minimum Gasteiger partial charge on any atom is -0.378 e. The van der Waals surface area contributed by atoms with Gasteiger partial charge in [-0.2, -0.15) is 5.26 Å². The molecule has 3 N–H and O–H groups in total. The number of primary amides is 1. The molecule has 1 aromatic carbocycles. The Morgan fingerprint density at radius 2 is 1.81 bits per heavy atom. The van der Waals surface area contributed by atoms with E-state index in [2.05, 4.69) is 20.2 Å². The average Bonchev–Trinajstić information content (AvgIpc) is 2.98. The van der Waals surface area contributed by atoms with Crippen LogP contribution in [0, 0.1) is 11.3 Å². The second kappa shape index (κ2) is 12.8. The predicted molar refractivity (Wildman–Crippen MR) is 154 cm³/mol. The molecular formula is C31H34F3N7O. The SMILES string of the molecule is N#Cc1ccc(N2CC[C@@H](Nc3cc(Cc4ccc(CCN5CCC(F)(F)CC5)cc4)ncc3C(N)=O)[C@@H](F)C2)nc1. The lowest BCUT2D eigenvalue weighted by molar-refractivity contribution is -0.0548. The maximum absolute atomic E-state index is 15.3. The van der Waals surface area contributed by atoms with Gasteiger partial charge in [0, 0.05) is 63.5 Å². The van der Waals surface area contributed by atoms with E-state index < -0.39 is 24.0 Å². The van der Waals surface area contributed by atoms with Gasteiger partial charge in [0.05, 0.1) is 29.4 Å². The Morgan fingerprint density at radius 1 is 1.07 bits per heavy atom. The molecule has 8 nitrogen and oxygen atoms in total. The highest BCUT2D eigenvalue weighted by molar-refractivity contribution is 5.98. The Balaban J connectivity index is 1.19. The Morgan fingerprint density at radius 3 is 2.45 bits per heavy atom. The van der Waals surface area contributed by atoms with Gasteiger partial charge in [0.2, 0.25) is 0 Å². The molecule has 0 bridgehead atoms. The van der Waals surface area contributed by atoms with Crippen LogP contribution in [0.3, 0.4) is 0 Å². The maximum Gasteiger partial charge on any atom is 0.252 e. The van der Waals surface area contributed by atoms with Gasteiger partial charge in [0.15, 0.2) is 0 Å². The number of halogens is 3. The summed E-state index contributed by atoms with van der Waals surface area (Å²) < 4.78 is 42.1. The van der Waals surface area contributed by atoms with Gasteiger partial charge in [-0.25, -0.2) is 18.2 Å². The number of carbonyl (C=O) groups excluding carboxylic acids is 1. The summed E-state index contributed by atoms with van der Waals surface area (Å²) >= 11 is 0. The van der Waals surface area contributed by atoms with Crippen LogP contribution < -0.4 is 16.0 Å². The van der Waals surface area contributed by atoms with Gasteiger partial charge in [-0.3, -0.25) is 9.78 Å². The maximum atomic E-state index is 15.3. The number of carbonyl (C=O) groups is 1. The van der Waals surface area contributed by atoms with Crippen LogP contribution in [-0.2, 0) is 12.8 Å². The zero-order valence-electron chi connectivity index (χ0n) is 23.3. The van der Waals surface area contributed by atoms with Crippen molar-refractivity contribution >= 4 is 17.4 Å². The van der Waals surface area contributed by atoms with Crippen molar-refractivity contribution in [3.8, 4) is 6.07 Å². The molecule has 1 amide bonds. The number of nitrogens with zero attached hydrogens (tertiary/aromatic N) is 5. The van der Waals surface area contributed by atoms with Crippen molar-refractivity contribution in [1.29, 1.82) is 5.26 Å². The third-order valence-electron chi connectivity index (χ3n) is 8.02. The van der Waals surface area contributed by atoms with Gasteiger partial charge in [-0.1, -0.05) is 24.3 Å². The number of anilines is 2. The van der Waals surface area contributed by atoms with E-state index in [9.17, 15) is 13.6 Å². The Kier molecular flexibility index (Phi) is 8.92. The first-order valence-electron chi connectivity index (χ1n) is 14.2. The van der Waals surface area contributed by atoms with Gasteiger partial charge in [0.1, 0.15) is 18.1 Å². The van der Waals surface area contributed by atoms with E-state index in [0.717, 1.165) is 24.1 Å². The quantitative estimate of drug-likeness (QED) is 0.389. The van der Waals surface area contributed by atoms with Crippen molar-refractivity contribution in [3.63, 3.8) is 0 Å². The van der Waals surface area contributed by atoms with Crippen LogP contribution in [0.1, 0.15) is 52.0 Å². The van der Waals surface area contributed by atoms with Gasteiger partial charge in [-0.15, -0.1) is 0 Å². The topological polar surface area (TPSA) is 111 Å². The molecule has 2 aliphatic heterocycles. The van der Waals surface area contributed by atoms with Gasteiger partial charge >= 0.3 is 0 Å². The number of alkyl halides is 3. The highest BCUT2D eigenvalue weighted by Gasteiger charge is 2.34. The molecule has 0 spiro atoms. The normalized spacial score (nSPS) is 20.6. The number of piperidine rings is 2. The Bertz CT molecular complexity index is 1420. The van der Waals surface area contributed by atoms with E-state index >= 15 is 4.39 Å². The number of rotatable bonds is 9. The standard InChI is InChI=1S/C31H34F3N7O/c32-26-20-41(29-6-5-23(17-35)18-38-29)12-8-27(26)39-28-16-24(37-19-25(28)30(36)42)15-22-3-1-21(2-4-22)7-11-40-13-9-31(33,34)10-14-40/h1-6,16,18-19,26-27H,7-15,20H2,(H2,36,42)(H,37,39)/t26-,27+/m0/s1. The number of hydrogen-bond acceptors (Lipinski definition) is 7. The number of hydrogen-bond donors (Lipinski definition) is 2. The fourth-order valence-corrected chi connectivity index (χ4v) is 5.45. The predicted octanol–water partition coefficient (Wildman–Crippen LogP) is 4.34. The summed E-state index contributed by atoms with van der Waals surface area (Å²) in [6.45, 7) is 2.27.